The van der Waals surface area contributed by atoms with Gasteiger partial charge in [-0.3, -0.25) is 0 Å². The molecule has 96 valence electrons. The summed E-state index contributed by atoms with van der Waals surface area (Å²) in [7, 11) is 0. The van der Waals surface area contributed by atoms with Crippen molar-refractivity contribution in [1.82, 2.24) is 0 Å². The van der Waals surface area contributed by atoms with Gasteiger partial charge in [-0.2, -0.15) is 0 Å². The Morgan fingerprint density at radius 3 is 1.67 bits per heavy atom. The molecule has 0 aromatic heterocycles. The van der Waals surface area contributed by atoms with Gasteiger partial charge >= 0.3 is 5.97 Å². The average molecular weight is 252 g/mol. The summed E-state index contributed by atoms with van der Waals surface area (Å²) in [6, 6.07) is 15.9. The van der Waals surface area contributed by atoms with Crippen LogP contribution in [-0.4, -0.2) is 5.97 Å². The van der Waals surface area contributed by atoms with Crippen LogP contribution in [0.2, 0.25) is 0 Å². The summed E-state index contributed by atoms with van der Waals surface area (Å²) >= 11 is 0. The Hall–Kier alpha value is -2.23. The topological polar surface area (TPSA) is 26.3 Å². The van der Waals surface area contributed by atoms with Gasteiger partial charge in [0.25, 0.3) is 0 Å². The van der Waals surface area contributed by atoms with E-state index in [1.54, 1.807) is 36.4 Å². The number of halogens is 2. The fraction of sp³-hybridized carbons (Fsp3) is 0.0714. The maximum Gasteiger partial charge on any atom is 0.379 e. The molecule has 18 heavy (non-hydrogen) atoms. The van der Waals surface area contributed by atoms with E-state index in [2.05, 4.69) is 4.94 Å². The number of rotatable bonds is 1. The molecule has 0 aliphatic heterocycles. The fourth-order valence-electron chi connectivity index (χ4n) is 1.03. The molecule has 0 saturated carbocycles. The molecule has 0 saturated heterocycles. The van der Waals surface area contributed by atoms with Crippen LogP contribution in [0.1, 0.15) is 17.8 Å². The highest BCUT2D eigenvalue weighted by atomic mass is 19.3. The Morgan fingerprint density at radius 1 is 0.889 bits per heavy atom. The lowest BCUT2D eigenvalue weighted by atomic mass is 10.2. The van der Waals surface area contributed by atoms with Crippen molar-refractivity contribution in [2.75, 3.05) is 0 Å². The fourth-order valence-corrected chi connectivity index (χ4v) is 1.03. The number of benzene rings is 2. The predicted molar refractivity (Wildman–Crippen MR) is 66.1 cm³/mol. The molecular formula is C14H14F2O2. The molecule has 0 radical (unpaired) electrons. The zero-order valence-corrected chi connectivity index (χ0v) is 8.85. The Balaban J connectivity index is 0.000000321. The van der Waals surface area contributed by atoms with E-state index in [-0.39, 0.29) is 18.8 Å². The predicted octanol–water partition coefficient (Wildman–Crippen LogP) is 4.19. The zero-order valence-electron chi connectivity index (χ0n) is 8.85. The van der Waals surface area contributed by atoms with Gasteiger partial charge in [-0.05, 0) is 24.3 Å². The van der Waals surface area contributed by atoms with Crippen LogP contribution < -0.4 is 0 Å². The van der Waals surface area contributed by atoms with Crippen molar-refractivity contribution in [2.45, 2.75) is 7.43 Å². The molecule has 0 bridgehead atoms. The van der Waals surface area contributed by atoms with Gasteiger partial charge in [0.2, 0.25) is 0 Å². The van der Waals surface area contributed by atoms with Crippen molar-refractivity contribution in [3.63, 3.8) is 0 Å². The van der Waals surface area contributed by atoms with E-state index in [0.29, 0.717) is 0 Å². The summed E-state index contributed by atoms with van der Waals surface area (Å²) in [6.07, 6.45) is 0. The van der Waals surface area contributed by atoms with Gasteiger partial charge in [0.1, 0.15) is 5.82 Å². The Bertz CT molecular complexity index is 444. The third-order valence-electron chi connectivity index (χ3n) is 1.81. The molecule has 0 aliphatic carbocycles. The minimum absolute atomic E-state index is 0. The lowest BCUT2D eigenvalue weighted by Gasteiger charge is -1.90. The molecule has 0 atom stereocenters. The van der Waals surface area contributed by atoms with Crippen LogP contribution in [0.25, 0.3) is 0 Å². The first kappa shape index (κ1) is 15.8. The molecule has 0 N–H and O–H groups in total. The van der Waals surface area contributed by atoms with Crippen LogP contribution in [0.15, 0.2) is 60.7 Å². The van der Waals surface area contributed by atoms with Crippen molar-refractivity contribution in [2.24, 2.45) is 0 Å². The minimum atomic E-state index is -0.958. The summed E-state index contributed by atoms with van der Waals surface area (Å²) in [5.74, 6) is -1.14. The molecule has 0 aliphatic rings. The molecule has 0 spiro atoms. The minimum Gasteiger partial charge on any atom is -0.249 e. The lowest BCUT2D eigenvalue weighted by molar-refractivity contribution is -0.0788. The van der Waals surface area contributed by atoms with Crippen molar-refractivity contribution in [3.8, 4) is 0 Å². The summed E-state index contributed by atoms with van der Waals surface area (Å²) in [6.45, 7) is 0. The number of carbonyl (C=O) groups excluding carboxylic acids is 1. The Kier molecular flexibility index (Phi) is 7.77. The number of hydrogen-bond donors (Lipinski definition) is 0. The van der Waals surface area contributed by atoms with E-state index in [4.69, 9.17) is 0 Å². The highest BCUT2D eigenvalue weighted by molar-refractivity contribution is 5.88. The maximum atomic E-state index is 11.9. The first-order valence-electron chi connectivity index (χ1n) is 4.82. The number of carbonyl (C=O) groups is 1. The molecular weight excluding hydrogens is 238 g/mol. The molecule has 0 amide bonds. The van der Waals surface area contributed by atoms with Crippen LogP contribution in [0.4, 0.5) is 8.92 Å². The van der Waals surface area contributed by atoms with Crippen LogP contribution in [0, 0.1) is 5.82 Å². The summed E-state index contributed by atoms with van der Waals surface area (Å²) in [5, 5.41) is 0. The highest BCUT2D eigenvalue weighted by Crippen LogP contribution is 2.00. The molecule has 2 nitrogen and oxygen atoms in total. The smallest absolute Gasteiger partial charge is 0.249 e. The van der Waals surface area contributed by atoms with Crippen molar-refractivity contribution in [3.05, 3.63) is 72.0 Å². The van der Waals surface area contributed by atoms with Crippen molar-refractivity contribution in [1.29, 1.82) is 0 Å². The van der Waals surface area contributed by atoms with Crippen LogP contribution in [0.3, 0.4) is 0 Å². The molecule has 2 rings (SSSR count). The molecule has 0 heterocycles. The molecule has 2 aromatic rings. The Labute approximate surface area is 105 Å². The quantitative estimate of drug-likeness (QED) is 0.760. The van der Waals surface area contributed by atoms with Crippen LogP contribution in [-0.2, 0) is 4.94 Å². The molecule has 0 fully saturated rings. The highest BCUT2D eigenvalue weighted by Gasteiger charge is 2.04. The number of hydrogen-bond acceptors (Lipinski definition) is 2. The standard InChI is InChI=1S/C7H5FO2.C6H5F.CH4/c8-10-7(9)6-4-2-1-3-5-6;7-6-4-2-1-3-5-6;/h1-5H;1-5H;1H4. The normalized spacial score (nSPS) is 8.33. The summed E-state index contributed by atoms with van der Waals surface area (Å²) < 4.78 is 23.1. The van der Waals surface area contributed by atoms with Gasteiger partial charge < -0.3 is 0 Å². The van der Waals surface area contributed by atoms with Gasteiger partial charge in [0.05, 0.1) is 5.56 Å². The third kappa shape index (κ3) is 5.75. The van der Waals surface area contributed by atoms with E-state index in [1.807, 2.05) is 0 Å². The Morgan fingerprint density at radius 2 is 1.33 bits per heavy atom. The first-order valence-corrected chi connectivity index (χ1v) is 4.82. The molecule has 4 heteroatoms. The SMILES string of the molecule is C.Fc1ccccc1.O=C(OF)c1ccccc1. The first-order chi connectivity index (χ1) is 8.24. The van der Waals surface area contributed by atoms with Crippen LogP contribution >= 0.6 is 0 Å². The summed E-state index contributed by atoms with van der Waals surface area (Å²) in [5.41, 5.74) is 0.213. The van der Waals surface area contributed by atoms with E-state index in [9.17, 15) is 13.7 Å². The van der Waals surface area contributed by atoms with Gasteiger partial charge in [-0.25, -0.2) is 14.1 Å². The van der Waals surface area contributed by atoms with E-state index in [1.165, 1.54) is 24.3 Å². The zero-order chi connectivity index (χ0) is 12.5. The largest absolute Gasteiger partial charge is 0.379 e. The van der Waals surface area contributed by atoms with E-state index < -0.39 is 5.97 Å². The average Bonchev–Trinajstić information content (AvgIpc) is 2.40. The summed E-state index contributed by atoms with van der Waals surface area (Å²) in [4.78, 5) is 13.4. The van der Waals surface area contributed by atoms with Crippen LogP contribution in [0.5, 0.6) is 0 Å². The maximum absolute atomic E-state index is 11.9. The van der Waals surface area contributed by atoms with Gasteiger partial charge in [-0.15, -0.1) is 0 Å². The second-order valence-corrected chi connectivity index (χ2v) is 3.03. The lowest BCUT2D eigenvalue weighted by Crippen LogP contribution is -1.96. The van der Waals surface area contributed by atoms with Crippen molar-refractivity contribution >= 4 is 5.97 Å². The van der Waals surface area contributed by atoms with E-state index >= 15 is 0 Å². The second kappa shape index (κ2) is 8.87. The van der Waals surface area contributed by atoms with E-state index in [0.717, 1.165) is 0 Å². The third-order valence-corrected chi connectivity index (χ3v) is 1.81. The van der Waals surface area contributed by atoms with Crippen molar-refractivity contribution < 1.29 is 18.7 Å². The second-order valence-electron chi connectivity index (χ2n) is 3.03. The van der Waals surface area contributed by atoms with Gasteiger partial charge in [-0.1, -0.05) is 43.8 Å². The molecule has 2 aromatic carbocycles. The van der Waals surface area contributed by atoms with Gasteiger partial charge in [0.15, 0.2) is 0 Å². The molecule has 0 unspecified atom stereocenters. The monoisotopic (exact) mass is 252 g/mol. The van der Waals surface area contributed by atoms with Gasteiger partial charge in [0, 0.05) is 4.53 Å².